The molecule has 1 aliphatic rings. The van der Waals surface area contributed by atoms with Crippen molar-refractivity contribution in [1.29, 1.82) is 0 Å². The molecule has 3 nitrogen and oxygen atoms in total. The first-order valence-electron chi connectivity index (χ1n) is 4.43. The van der Waals surface area contributed by atoms with E-state index in [1.807, 2.05) is 27.7 Å². The predicted octanol–water partition coefficient (Wildman–Crippen LogP) is 1.81. The van der Waals surface area contributed by atoms with Gasteiger partial charge in [0.05, 0.1) is 6.10 Å². The maximum Gasteiger partial charge on any atom is 0.0576 e. The Morgan fingerprint density at radius 3 is 1.69 bits per heavy atom. The number of piperidine rings is 1. The van der Waals surface area contributed by atoms with Gasteiger partial charge < -0.3 is 10.3 Å². The molecule has 0 radical (unpaired) electrons. The second-order valence-electron chi connectivity index (χ2n) is 5.00. The zero-order valence-corrected chi connectivity index (χ0v) is 9.56. The minimum absolute atomic E-state index is 0. The van der Waals surface area contributed by atoms with Crippen LogP contribution in [0.1, 0.15) is 40.5 Å². The zero-order chi connectivity index (χ0) is 9.57. The van der Waals surface area contributed by atoms with E-state index < -0.39 is 0 Å². The molecule has 1 aliphatic heterocycles. The highest BCUT2D eigenvalue weighted by Crippen LogP contribution is 2.36. The Morgan fingerprint density at radius 1 is 1.08 bits per heavy atom. The summed E-state index contributed by atoms with van der Waals surface area (Å²) < 4.78 is 0. The molecular formula is C9H20ClNO2. The van der Waals surface area contributed by atoms with Crippen LogP contribution < -0.4 is 0 Å². The van der Waals surface area contributed by atoms with E-state index in [1.165, 1.54) is 5.06 Å². The fraction of sp³-hybridized carbons (Fsp3) is 1.00. The molecule has 2 N–H and O–H groups in total. The summed E-state index contributed by atoms with van der Waals surface area (Å²) in [5.74, 6) is 0. The second kappa shape index (κ2) is 3.73. The monoisotopic (exact) mass is 209 g/mol. The Bertz CT molecular complexity index is 164. The topological polar surface area (TPSA) is 43.7 Å². The molecule has 0 aliphatic carbocycles. The molecule has 1 saturated heterocycles. The van der Waals surface area contributed by atoms with Gasteiger partial charge in [0.15, 0.2) is 0 Å². The third-order valence-electron chi connectivity index (χ3n) is 2.62. The number of rotatable bonds is 0. The molecule has 0 bridgehead atoms. The van der Waals surface area contributed by atoms with Crippen LogP contribution in [0.5, 0.6) is 0 Å². The molecular weight excluding hydrogens is 190 g/mol. The van der Waals surface area contributed by atoms with Crippen LogP contribution in [0, 0.1) is 0 Å². The van der Waals surface area contributed by atoms with Crippen LogP contribution in [-0.4, -0.2) is 32.6 Å². The van der Waals surface area contributed by atoms with Crippen LogP contribution >= 0.6 is 12.4 Å². The van der Waals surface area contributed by atoms with Gasteiger partial charge in [-0.15, -0.1) is 12.4 Å². The first-order chi connectivity index (χ1) is 5.26. The summed E-state index contributed by atoms with van der Waals surface area (Å²) in [5.41, 5.74) is -0.637. The van der Waals surface area contributed by atoms with Crippen LogP contribution in [0.4, 0.5) is 0 Å². The largest absolute Gasteiger partial charge is 0.393 e. The molecule has 13 heavy (non-hydrogen) atoms. The predicted molar refractivity (Wildman–Crippen MR) is 54.3 cm³/mol. The van der Waals surface area contributed by atoms with E-state index in [-0.39, 0.29) is 29.6 Å². The van der Waals surface area contributed by atoms with E-state index in [0.29, 0.717) is 12.8 Å². The van der Waals surface area contributed by atoms with Crippen molar-refractivity contribution in [2.75, 3.05) is 0 Å². The Kier molecular flexibility index (Phi) is 3.78. The van der Waals surface area contributed by atoms with Gasteiger partial charge in [0.25, 0.3) is 0 Å². The van der Waals surface area contributed by atoms with Crippen molar-refractivity contribution in [3.8, 4) is 0 Å². The maximum absolute atomic E-state index is 9.80. The van der Waals surface area contributed by atoms with Gasteiger partial charge in [-0.2, -0.15) is 5.06 Å². The first-order valence-corrected chi connectivity index (χ1v) is 4.43. The number of nitrogens with zero attached hydrogens (tertiary/aromatic N) is 1. The highest BCUT2D eigenvalue weighted by molar-refractivity contribution is 5.85. The van der Waals surface area contributed by atoms with Gasteiger partial charge >= 0.3 is 0 Å². The minimum Gasteiger partial charge on any atom is -0.393 e. The second-order valence-corrected chi connectivity index (χ2v) is 5.00. The number of hydrogen-bond acceptors (Lipinski definition) is 3. The zero-order valence-electron chi connectivity index (χ0n) is 8.74. The van der Waals surface area contributed by atoms with Gasteiger partial charge in [-0.1, -0.05) is 0 Å². The smallest absolute Gasteiger partial charge is 0.0576 e. The molecule has 0 unspecified atom stereocenters. The molecule has 0 aromatic heterocycles. The Balaban J connectivity index is 0.00000144. The van der Waals surface area contributed by atoms with Gasteiger partial charge in [0.2, 0.25) is 0 Å². The number of halogens is 1. The van der Waals surface area contributed by atoms with E-state index in [1.54, 1.807) is 0 Å². The lowest BCUT2D eigenvalue weighted by atomic mass is 9.80. The molecule has 0 amide bonds. The number of hydrogen-bond donors (Lipinski definition) is 2. The van der Waals surface area contributed by atoms with Gasteiger partial charge in [-0.25, -0.2) is 0 Å². The lowest BCUT2D eigenvalue weighted by molar-refractivity contribution is -0.257. The van der Waals surface area contributed by atoms with E-state index in [4.69, 9.17) is 0 Å². The Morgan fingerprint density at radius 2 is 1.38 bits per heavy atom. The van der Waals surface area contributed by atoms with Crippen LogP contribution in [0.2, 0.25) is 0 Å². The van der Waals surface area contributed by atoms with Crippen molar-refractivity contribution in [3.05, 3.63) is 0 Å². The number of aliphatic hydroxyl groups is 1. The Labute approximate surface area is 86.1 Å². The highest BCUT2D eigenvalue weighted by Gasteiger charge is 2.44. The summed E-state index contributed by atoms with van der Waals surface area (Å²) in [5, 5.41) is 20.7. The molecule has 4 heteroatoms. The molecule has 80 valence electrons. The normalized spacial score (nSPS) is 28.2. The number of hydroxylamine groups is 2. The minimum atomic E-state index is -0.318. The number of aliphatic hydroxyl groups excluding tert-OH is 1. The fourth-order valence-electron chi connectivity index (χ4n) is 2.22. The fourth-order valence-corrected chi connectivity index (χ4v) is 2.22. The van der Waals surface area contributed by atoms with Gasteiger partial charge in [-0.05, 0) is 40.5 Å². The lowest BCUT2D eigenvalue weighted by Crippen LogP contribution is -2.60. The molecule has 0 spiro atoms. The third kappa shape index (κ3) is 2.56. The van der Waals surface area contributed by atoms with Gasteiger partial charge in [0.1, 0.15) is 0 Å². The summed E-state index contributed by atoms with van der Waals surface area (Å²) in [6.07, 6.45) is 0.971. The molecule has 1 heterocycles. The molecule has 0 aromatic carbocycles. The quantitative estimate of drug-likeness (QED) is 0.640. The van der Waals surface area contributed by atoms with E-state index in [0.717, 1.165) is 0 Å². The van der Waals surface area contributed by atoms with Crippen molar-refractivity contribution >= 4 is 12.4 Å². The van der Waals surface area contributed by atoms with Gasteiger partial charge in [-0.3, -0.25) is 0 Å². The summed E-state index contributed by atoms with van der Waals surface area (Å²) in [4.78, 5) is 0. The molecule has 1 rings (SSSR count). The molecule has 0 saturated carbocycles. The van der Waals surface area contributed by atoms with Crippen molar-refractivity contribution < 1.29 is 10.3 Å². The summed E-state index contributed by atoms with van der Waals surface area (Å²) in [7, 11) is 0. The van der Waals surface area contributed by atoms with Crippen LogP contribution in [0.3, 0.4) is 0 Å². The molecule has 0 atom stereocenters. The standard InChI is InChI=1S/C9H19NO2.ClH/c1-8(2)5-7(11)6-9(3,4)10(8)12;/h7,11-12H,5-6H2,1-4H3;1H. The summed E-state index contributed by atoms with van der Waals surface area (Å²) >= 11 is 0. The third-order valence-corrected chi connectivity index (χ3v) is 2.62. The Hall–Kier alpha value is 0.170. The van der Waals surface area contributed by atoms with E-state index in [9.17, 15) is 10.3 Å². The summed E-state index contributed by atoms with van der Waals surface area (Å²) in [6.45, 7) is 7.77. The lowest BCUT2D eigenvalue weighted by Gasteiger charge is -2.50. The molecule has 0 aromatic rings. The average Bonchev–Trinajstić information content (AvgIpc) is 1.80. The molecule has 1 fully saturated rings. The van der Waals surface area contributed by atoms with Crippen LogP contribution in [0.15, 0.2) is 0 Å². The van der Waals surface area contributed by atoms with Crippen molar-refractivity contribution in [2.24, 2.45) is 0 Å². The summed E-state index contributed by atoms with van der Waals surface area (Å²) in [6, 6.07) is 0. The van der Waals surface area contributed by atoms with Crippen molar-refractivity contribution in [2.45, 2.75) is 57.7 Å². The first kappa shape index (κ1) is 13.2. The van der Waals surface area contributed by atoms with Crippen LogP contribution in [0.25, 0.3) is 0 Å². The van der Waals surface area contributed by atoms with E-state index in [2.05, 4.69) is 0 Å². The van der Waals surface area contributed by atoms with Gasteiger partial charge in [0, 0.05) is 11.1 Å². The van der Waals surface area contributed by atoms with Crippen LogP contribution in [-0.2, 0) is 0 Å². The SMILES string of the molecule is CC1(C)CC(O)CC(C)(C)N1O.Cl. The highest BCUT2D eigenvalue weighted by atomic mass is 35.5. The van der Waals surface area contributed by atoms with E-state index >= 15 is 0 Å². The van der Waals surface area contributed by atoms with Crippen molar-refractivity contribution in [1.82, 2.24) is 5.06 Å². The van der Waals surface area contributed by atoms with Crippen molar-refractivity contribution in [3.63, 3.8) is 0 Å². The average molecular weight is 210 g/mol. The maximum atomic E-state index is 9.80.